The Morgan fingerprint density at radius 3 is 2.63 bits per heavy atom. The molecule has 0 radical (unpaired) electrons. The fourth-order valence-corrected chi connectivity index (χ4v) is 3.54. The van der Waals surface area contributed by atoms with Crippen molar-refractivity contribution in [2.75, 3.05) is 12.0 Å². The lowest BCUT2D eigenvalue weighted by molar-refractivity contribution is -0.117. The van der Waals surface area contributed by atoms with E-state index in [1.807, 2.05) is 24.3 Å². The number of methoxy groups -OCH3 is 1. The number of anilines is 1. The second-order valence-corrected chi connectivity index (χ2v) is 7.16. The van der Waals surface area contributed by atoms with Crippen molar-refractivity contribution >= 4 is 17.5 Å². The molecule has 0 aliphatic carbocycles. The maximum absolute atomic E-state index is 13.1. The van der Waals surface area contributed by atoms with E-state index in [0.717, 1.165) is 28.1 Å². The molecule has 0 fully saturated rings. The molecule has 1 N–H and O–H groups in total. The minimum atomic E-state index is -0.309. The van der Waals surface area contributed by atoms with Crippen molar-refractivity contribution in [3.05, 3.63) is 94.8 Å². The van der Waals surface area contributed by atoms with E-state index in [9.17, 15) is 14.0 Å². The topological polar surface area (TPSA) is 58.6 Å². The smallest absolute Gasteiger partial charge is 0.251 e. The van der Waals surface area contributed by atoms with E-state index in [1.54, 1.807) is 42.3 Å². The number of benzene rings is 3. The number of rotatable bonds is 6. The molecule has 0 bridgehead atoms. The van der Waals surface area contributed by atoms with Crippen LogP contribution < -0.4 is 15.0 Å². The summed E-state index contributed by atoms with van der Waals surface area (Å²) in [6, 6.07) is 18.9. The van der Waals surface area contributed by atoms with Crippen molar-refractivity contribution in [3.63, 3.8) is 0 Å². The van der Waals surface area contributed by atoms with Crippen LogP contribution in [0, 0.1) is 5.82 Å². The predicted molar refractivity (Wildman–Crippen MR) is 112 cm³/mol. The Bertz CT molecular complexity index is 1100. The fourth-order valence-electron chi connectivity index (χ4n) is 3.54. The SMILES string of the molecule is COc1cccc(CNC(=O)c2ccc3c(c2)CC(=O)N3Cc2ccc(F)cc2)c1. The Morgan fingerprint density at radius 2 is 1.87 bits per heavy atom. The molecule has 152 valence electrons. The molecule has 0 saturated carbocycles. The van der Waals surface area contributed by atoms with Gasteiger partial charge in [0, 0.05) is 17.8 Å². The highest BCUT2D eigenvalue weighted by Gasteiger charge is 2.28. The third-order valence-electron chi connectivity index (χ3n) is 5.12. The summed E-state index contributed by atoms with van der Waals surface area (Å²) in [4.78, 5) is 26.7. The number of amides is 2. The highest BCUT2D eigenvalue weighted by molar-refractivity contribution is 6.03. The molecule has 3 aromatic rings. The number of hydrogen-bond acceptors (Lipinski definition) is 3. The molecule has 1 heterocycles. The molecular weight excluding hydrogens is 383 g/mol. The first-order valence-corrected chi connectivity index (χ1v) is 9.62. The van der Waals surface area contributed by atoms with E-state index >= 15 is 0 Å². The summed E-state index contributed by atoms with van der Waals surface area (Å²) < 4.78 is 18.3. The first kappa shape index (κ1) is 19.6. The second-order valence-electron chi connectivity index (χ2n) is 7.16. The number of nitrogens with zero attached hydrogens (tertiary/aromatic N) is 1. The molecule has 3 aromatic carbocycles. The number of carbonyl (C=O) groups excluding carboxylic acids is 2. The summed E-state index contributed by atoms with van der Waals surface area (Å²) in [5.74, 6) is 0.184. The second kappa shape index (κ2) is 8.37. The van der Waals surface area contributed by atoms with E-state index in [1.165, 1.54) is 12.1 Å². The van der Waals surface area contributed by atoms with Crippen LogP contribution in [0.15, 0.2) is 66.7 Å². The van der Waals surface area contributed by atoms with Crippen molar-refractivity contribution in [1.29, 1.82) is 0 Å². The molecule has 0 spiro atoms. The summed E-state index contributed by atoms with van der Waals surface area (Å²) in [6.45, 7) is 0.746. The van der Waals surface area contributed by atoms with Crippen LogP contribution in [0.2, 0.25) is 0 Å². The molecule has 30 heavy (non-hydrogen) atoms. The summed E-state index contributed by atoms with van der Waals surface area (Å²) in [5.41, 5.74) is 3.89. The van der Waals surface area contributed by atoms with Crippen LogP contribution in [0.1, 0.15) is 27.0 Å². The largest absolute Gasteiger partial charge is 0.497 e. The number of carbonyl (C=O) groups is 2. The zero-order valence-electron chi connectivity index (χ0n) is 16.5. The first-order chi connectivity index (χ1) is 14.5. The first-order valence-electron chi connectivity index (χ1n) is 9.62. The quantitative estimate of drug-likeness (QED) is 0.679. The summed E-state index contributed by atoms with van der Waals surface area (Å²) >= 11 is 0. The average Bonchev–Trinajstić information content (AvgIpc) is 3.08. The number of nitrogens with one attached hydrogen (secondary N) is 1. The number of halogens is 1. The van der Waals surface area contributed by atoms with Gasteiger partial charge in [0.25, 0.3) is 5.91 Å². The van der Waals surface area contributed by atoms with E-state index in [0.29, 0.717) is 18.7 Å². The Hall–Kier alpha value is -3.67. The van der Waals surface area contributed by atoms with Gasteiger partial charge < -0.3 is 15.0 Å². The molecule has 0 unspecified atom stereocenters. The Kier molecular flexibility index (Phi) is 5.48. The lowest BCUT2D eigenvalue weighted by Crippen LogP contribution is -2.26. The fraction of sp³-hybridized carbons (Fsp3) is 0.167. The third-order valence-corrected chi connectivity index (χ3v) is 5.12. The van der Waals surface area contributed by atoms with Gasteiger partial charge in [0.1, 0.15) is 11.6 Å². The molecule has 1 aliphatic rings. The van der Waals surface area contributed by atoms with Gasteiger partial charge in [0.2, 0.25) is 5.91 Å². The standard InChI is InChI=1S/C24H21FN2O3/c1-30-21-4-2-3-17(11-21)14-26-24(29)18-7-10-22-19(12-18)13-23(28)27(22)15-16-5-8-20(25)9-6-16/h2-12H,13-15H2,1H3,(H,26,29). The van der Waals surface area contributed by atoms with Crippen LogP contribution >= 0.6 is 0 Å². The summed E-state index contributed by atoms with van der Waals surface area (Å²) in [7, 11) is 1.60. The van der Waals surface area contributed by atoms with Crippen molar-refractivity contribution in [3.8, 4) is 5.75 Å². The molecule has 6 heteroatoms. The Morgan fingerprint density at radius 1 is 1.07 bits per heavy atom. The zero-order chi connectivity index (χ0) is 21.1. The minimum absolute atomic E-state index is 0.0386. The maximum atomic E-state index is 13.1. The van der Waals surface area contributed by atoms with Gasteiger partial charge >= 0.3 is 0 Å². The van der Waals surface area contributed by atoms with Gasteiger partial charge in [0.05, 0.1) is 20.1 Å². The molecule has 5 nitrogen and oxygen atoms in total. The summed E-state index contributed by atoms with van der Waals surface area (Å²) in [5, 5.41) is 2.90. The molecule has 4 rings (SSSR count). The molecule has 0 saturated heterocycles. The zero-order valence-corrected chi connectivity index (χ0v) is 16.5. The Labute approximate surface area is 174 Å². The minimum Gasteiger partial charge on any atom is -0.497 e. The van der Waals surface area contributed by atoms with Crippen LogP contribution in [-0.4, -0.2) is 18.9 Å². The van der Waals surface area contributed by atoms with Gasteiger partial charge in [0.15, 0.2) is 0 Å². The maximum Gasteiger partial charge on any atom is 0.251 e. The van der Waals surface area contributed by atoms with E-state index in [-0.39, 0.29) is 24.1 Å². The van der Waals surface area contributed by atoms with E-state index in [4.69, 9.17) is 4.74 Å². The monoisotopic (exact) mass is 404 g/mol. The molecule has 0 atom stereocenters. The van der Waals surface area contributed by atoms with Crippen LogP contribution in [-0.2, 0) is 24.3 Å². The number of hydrogen-bond donors (Lipinski definition) is 1. The van der Waals surface area contributed by atoms with Gasteiger partial charge in [-0.2, -0.15) is 0 Å². The normalized spacial score (nSPS) is 12.6. The average molecular weight is 404 g/mol. The molecule has 2 amide bonds. The van der Waals surface area contributed by atoms with Crippen molar-refractivity contribution in [2.45, 2.75) is 19.5 Å². The molecular formula is C24H21FN2O3. The van der Waals surface area contributed by atoms with Crippen LogP contribution in [0.4, 0.5) is 10.1 Å². The number of ether oxygens (including phenoxy) is 1. The summed E-state index contributed by atoms with van der Waals surface area (Å²) in [6.07, 6.45) is 0.244. The van der Waals surface area contributed by atoms with Gasteiger partial charge in [-0.05, 0) is 59.2 Å². The van der Waals surface area contributed by atoms with Crippen LogP contribution in [0.3, 0.4) is 0 Å². The third kappa shape index (κ3) is 4.17. The number of fused-ring (bicyclic) bond motifs is 1. The van der Waals surface area contributed by atoms with E-state index in [2.05, 4.69) is 5.32 Å². The van der Waals surface area contributed by atoms with E-state index < -0.39 is 0 Å². The highest BCUT2D eigenvalue weighted by Crippen LogP contribution is 2.31. The van der Waals surface area contributed by atoms with Gasteiger partial charge in [-0.25, -0.2) is 4.39 Å². The lowest BCUT2D eigenvalue weighted by Gasteiger charge is -2.18. The van der Waals surface area contributed by atoms with Crippen molar-refractivity contribution < 1.29 is 18.7 Å². The van der Waals surface area contributed by atoms with Crippen molar-refractivity contribution in [1.82, 2.24) is 5.32 Å². The van der Waals surface area contributed by atoms with Crippen LogP contribution in [0.25, 0.3) is 0 Å². The lowest BCUT2D eigenvalue weighted by atomic mass is 10.1. The molecule has 0 aromatic heterocycles. The van der Waals surface area contributed by atoms with Gasteiger partial charge in [-0.3, -0.25) is 9.59 Å². The van der Waals surface area contributed by atoms with Gasteiger partial charge in [-0.1, -0.05) is 24.3 Å². The predicted octanol–water partition coefficient (Wildman–Crippen LogP) is 3.85. The Balaban J connectivity index is 1.45. The van der Waals surface area contributed by atoms with Crippen molar-refractivity contribution in [2.24, 2.45) is 0 Å². The molecule has 1 aliphatic heterocycles. The highest BCUT2D eigenvalue weighted by atomic mass is 19.1. The van der Waals surface area contributed by atoms with Gasteiger partial charge in [-0.15, -0.1) is 0 Å². The van der Waals surface area contributed by atoms with Crippen LogP contribution in [0.5, 0.6) is 5.75 Å².